The number of aryl methyl sites for hydroxylation is 2. The molecule has 1 aromatic heterocycles. The van der Waals surface area contributed by atoms with Crippen molar-refractivity contribution in [3.8, 4) is 11.5 Å². The summed E-state index contributed by atoms with van der Waals surface area (Å²) in [6, 6.07) is 5.92. The number of ether oxygens (including phenoxy) is 2. The molecule has 0 fully saturated rings. The van der Waals surface area contributed by atoms with Gasteiger partial charge >= 0.3 is 0 Å². The lowest BCUT2D eigenvalue weighted by Crippen LogP contribution is -2.26. The van der Waals surface area contributed by atoms with Gasteiger partial charge in [-0.05, 0) is 56.2 Å². The van der Waals surface area contributed by atoms with E-state index in [1.165, 1.54) is 11.8 Å². The quantitative estimate of drug-likeness (QED) is 0.582. The van der Waals surface area contributed by atoms with Crippen LogP contribution in [0.15, 0.2) is 23.4 Å². The predicted octanol–water partition coefficient (Wildman–Crippen LogP) is 2.88. The fourth-order valence-corrected chi connectivity index (χ4v) is 3.53. The van der Waals surface area contributed by atoms with Crippen molar-refractivity contribution in [1.29, 1.82) is 0 Å². The van der Waals surface area contributed by atoms with Gasteiger partial charge in [0.05, 0.1) is 0 Å². The minimum Gasteiger partial charge on any atom is -0.486 e. The Morgan fingerprint density at radius 3 is 2.52 bits per heavy atom. The fourth-order valence-electron chi connectivity index (χ4n) is 3.08. The van der Waals surface area contributed by atoms with Crippen molar-refractivity contribution in [3.05, 3.63) is 40.7 Å². The van der Waals surface area contributed by atoms with Crippen LogP contribution in [0.1, 0.15) is 28.9 Å². The molecule has 2 heterocycles. The van der Waals surface area contributed by atoms with Crippen LogP contribution in [0.4, 0.5) is 0 Å². The van der Waals surface area contributed by atoms with Gasteiger partial charge in [-0.1, -0.05) is 17.8 Å². The molecule has 7 heteroatoms. The average molecular weight is 388 g/mol. The number of nitrogens with one attached hydrogen (secondary N) is 1. The van der Waals surface area contributed by atoms with Gasteiger partial charge in [-0.25, -0.2) is 9.97 Å². The Morgan fingerprint density at radius 2 is 1.81 bits per heavy atom. The zero-order valence-corrected chi connectivity index (χ0v) is 16.8. The molecule has 1 N–H and O–H groups in total. The van der Waals surface area contributed by atoms with Crippen LogP contribution in [0.3, 0.4) is 0 Å². The number of benzene rings is 1. The third-order valence-electron chi connectivity index (χ3n) is 4.53. The molecule has 1 aliphatic rings. The topological polar surface area (TPSA) is 73.3 Å². The van der Waals surface area contributed by atoms with Gasteiger partial charge in [-0.15, -0.1) is 0 Å². The van der Waals surface area contributed by atoms with Crippen LogP contribution in [0.5, 0.6) is 11.5 Å². The maximum absolute atomic E-state index is 12.2. The van der Waals surface area contributed by atoms with E-state index in [0.717, 1.165) is 45.6 Å². The molecule has 0 radical (unpaired) electrons. The molecule has 0 atom stereocenters. The number of thioether (sulfide) groups is 1. The van der Waals surface area contributed by atoms with Gasteiger partial charge in [0.1, 0.15) is 13.2 Å². The van der Waals surface area contributed by atoms with Crippen molar-refractivity contribution in [2.45, 2.75) is 38.3 Å². The second-order valence-corrected chi connectivity index (χ2v) is 7.21. The number of amides is 1. The van der Waals surface area contributed by atoms with Crippen molar-refractivity contribution in [2.75, 3.05) is 26.0 Å². The number of aromatic nitrogens is 2. The van der Waals surface area contributed by atoms with E-state index in [2.05, 4.69) is 15.3 Å². The molecular formula is C20H25N3O3S. The van der Waals surface area contributed by atoms with Gasteiger partial charge in [0.2, 0.25) is 5.91 Å². The summed E-state index contributed by atoms with van der Waals surface area (Å²) < 4.78 is 11.1. The highest BCUT2D eigenvalue weighted by Gasteiger charge is 2.13. The molecule has 27 heavy (non-hydrogen) atoms. The Kier molecular flexibility index (Phi) is 6.55. The van der Waals surface area contributed by atoms with Crippen LogP contribution in [0.25, 0.3) is 0 Å². The summed E-state index contributed by atoms with van der Waals surface area (Å²) in [4.78, 5) is 21.1. The molecule has 144 valence electrons. The Bertz CT molecular complexity index is 803. The highest BCUT2D eigenvalue weighted by Crippen LogP contribution is 2.30. The molecule has 1 aromatic carbocycles. The van der Waals surface area contributed by atoms with E-state index >= 15 is 0 Å². The zero-order chi connectivity index (χ0) is 19.2. The van der Waals surface area contributed by atoms with Crippen molar-refractivity contribution < 1.29 is 14.3 Å². The second-order valence-electron chi connectivity index (χ2n) is 6.44. The first-order valence-electron chi connectivity index (χ1n) is 9.10. The molecule has 6 nitrogen and oxygen atoms in total. The van der Waals surface area contributed by atoms with Crippen molar-refractivity contribution in [2.24, 2.45) is 0 Å². The van der Waals surface area contributed by atoms with Crippen LogP contribution in [-0.2, 0) is 17.6 Å². The van der Waals surface area contributed by atoms with E-state index in [-0.39, 0.29) is 5.91 Å². The highest BCUT2D eigenvalue weighted by atomic mass is 32.2. The first kappa shape index (κ1) is 19.5. The molecule has 1 amide bonds. The monoisotopic (exact) mass is 387 g/mol. The lowest BCUT2D eigenvalue weighted by Gasteiger charge is -2.18. The molecule has 0 saturated heterocycles. The molecule has 0 spiro atoms. The van der Waals surface area contributed by atoms with Crippen LogP contribution < -0.4 is 14.8 Å². The van der Waals surface area contributed by atoms with Crippen LogP contribution in [-0.4, -0.2) is 41.9 Å². The van der Waals surface area contributed by atoms with E-state index in [4.69, 9.17) is 9.47 Å². The van der Waals surface area contributed by atoms with Crippen molar-refractivity contribution >= 4 is 17.7 Å². The number of nitrogens with zero attached hydrogens (tertiary/aromatic N) is 2. The van der Waals surface area contributed by atoms with E-state index in [0.29, 0.717) is 32.6 Å². The number of rotatable bonds is 7. The average Bonchev–Trinajstić information content (AvgIpc) is 2.67. The lowest BCUT2D eigenvalue weighted by molar-refractivity contribution is -0.121. The van der Waals surface area contributed by atoms with Crippen LogP contribution >= 0.6 is 11.8 Å². The predicted molar refractivity (Wildman–Crippen MR) is 106 cm³/mol. The van der Waals surface area contributed by atoms with Gasteiger partial charge in [-0.2, -0.15) is 0 Å². The molecule has 0 bridgehead atoms. The Balaban J connectivity index is 1.46. The van der Waals surface area contributed by atoms with Crippen LogP contribution in [0.2, 0.25) is 0 Å². The summed E-state index contributed by atoms with van der Waals surface area (Å²) in [6.45, 7) is 5.71. The number of hydrogen-bond donors (Lipinski definition) is 1. The fraction of sp³-hybridized carbons (Fsp3) is 0.450. The largest absolute Gasteiger partial charge is 0.486 e. The second kappa shape index (κ2) is 9.08. The van der Waals surface area contributed by atoms with Gasteiger partial charge in [0.25, 0.3) is 0 Å². The third-order valence-corrected chi connectivity index (χ3v) is 5.07. The lowest BCUT2D eigenvalue weighted by atomic mass is 10.1. The molecule has 0 aliphatic carbocycles. The summed E-state index contributed by atoms with van der Waals surface area (Å²) in [5, 5.41) is 3.76. The van der Waals surface area contributed by atoms with Gasteiger partial charge in [0.15, 0.2) is 16.7 Å². The molecule has 1 aliphatic heterocycles. The number of carbonyl (C=O) groups is 1. The van der Waals surface area contributed by atoms with E-state index in [1.807, 2.05) is 38.3 Å². The smallest absolute Gasteiger partial charge is 0.220 e. The zero-order valence-electron chi connectivity index (χ0n) is 16.0. The van der Waals surface area contributed by atoms with Gasteiger partial charge in [-0.3, -0.25) is 4.79 Å². The normalized spacial score (nSPS) is 12.7. The first-order valence-corrected chi connectivity index (χ1v) is 10.3. The van der Waals surface area contributed by atoms with Crippen molar-refractivity contribution in [1.82, 2.24) is 15.3 Å². The third kappa shape index (κ3) is 5.13. The van der Waals surface area contributed by atoms with E-state index in [9.17, 15) is 4.79 Å². The number of carbonyl (C=O) groups excluding carboxylic acids is 1. The molecule has 2 aromatic rings. The number of hydrogen-bond acceptors (Lipinski definition) is 6. The minimum absolute atomic E-state index is 0.0419. The van der Waals surface area contributed by atoms with Gasteiger partial charge in [0, 0.05) is 24.4 Å². The maximum atomic E-state index is 12.2. The van der Waals surface area contributed by atoms with Gasteiger partial charge < -0.3 is 14.8 Å². The molecule has 0 unspecified atom stereocenters. The SMILES string of the molecule is CSc1nc(C)c(CCC(=O)NCCc2ccc3c(c2)OCCO3)c(C)n1. The molecule has 0 saturated carbocycles. The first-order chi connectivity index (χ1) is 13.1. The summed E-state index contributed by atoms with van der Waals surface area (Å²) in [6.07, 6.45) is 3.81. The maximum Gasteiger partial charge on any atom is 0.220 e. The number of fused-ring (bicyclic) bond motifs is 1. The minimum atomic E-state index is 0.0419. The summed E-state index contributed by atoms with van der Waals surface area (Å²) in [5.74, 6) is 1.61. The Labute approximate surface area is 164 Å². The van der Waals surface area contributed by atoms with Crippen molar-refractivity contribution in [3.63, 3.8) is 0 Å². The van der Waals surface area contributed by atoms with E-state index < -0.39 is 0 Å². The van der Waals surface area contributed by atoms with Crippen LogP contribution in [0, 0.1) is 13.8 Å². The van der Waals surface area contributed by atoms with E-state index in [1.54, 1.807) is 0 Å². The Morgan fingerprint density at radius 1 is 1.11 bits per heavy atom. The molecule has 3 rings (SSSR count). The summed E-state index contributed by atoms with van der Waals surface area (Å²) in [7, 11) is 0. The standard InChI is InChI=1S/C20H25N3O3S/c1-13-16(14(2)23-20(22-13)27-3)5-7-19(24)21-9-8-15-4-6-17-18(12-15)26-11-10-25-17/h4,6,12H,5,7-11H2,1-3H3,(H,21,24). The summed E-state index contributed by atoms with van der Waals surface area (Å²) in [5.41, 5.74) is 4.09. The highest BCUT2D eigenvalue weighted by molar-refractivity contribution is 7.98. The summed E-state index contributed by atoms with van der Waals surface area (Å²) >= 11 is 1.53. The Hall–Kier alpha value is -2.28. The molecular weight excluding hydrogens is 362 g/mol.